The first kappa shape index (κ1) is 20.0. The fraction of sp³-hybridized carbons (Fsp3) is 0.286. The van der Waals surface area contributed by atoms with Gasteiger partial charge in [0.05, 0.1) is 34.8 Å². The Kier molecular flexibility index (Phi) is 5.82. The predicted molar refractivity (Wildman–Crippen MR) is 113 cm³/mol. The summed E-state index contributed by atoms with van der Waals surface area (Å²) in [7, 11) is 3.40. The van der Waals surface area contributed by atoms with Gasteiger partial charge in [0.1, 0.15) is 18.1 Å². The van der Waals surface area contributed by atoms with Crippen LogP contribution in [0.25, 0.3) is 5.69 Å². The first-order valence-corrected chi connectivity index (χ1v) is 9.31. The lowest BCUT2D eigenvalue weighted by Gasteiger charge is -2.20. The zero-order chi connectivity index (χ0) is 20.4. The second kappa shape index (κ2) is 8.12. The third kappa shape index (κ3) is 3.79. The molecule has 0 spiro atoms. The number of hydrazine groups is 1. The highest BCUT2D eigenvalue weighted by Crippen LogP contribution is 2.32. The number of hydrogen-bond donors (Lipinski definition) is 1. The lowest BCUT2D eigenvalue weighted by atomic mass is 10.1. The van der Waals surface area contributed by atoms with Gasteiger partial charge in [0.15, 0.2) is 0 Å². The summed E-state index contributed by atoms with van der Waals surface area (Å²) in [6.07, 6.45) is 0. The van der Waals surface area contributed by atoms with E-state index in [-0.39, 0.29) is 6.61 Å². The molecule has 148 valence electrons. The van der Waals surface area contributed by atoms with E-state index in [0.717, 1.165) is 28.3 Å². The number of rotatable bonds is 6. The maximum atomic E-state index is 6.49. The van der Waals surface area contributed by atoms with E-state index in [1.54, 1.807) is 14.2 Å². The van der Waals surface area contributed by atoms with Crippen LogP contribution in [-0.2, 0) is 6.61 Å². The molecule has 0 amide bonds. The average Bonchev–Trinajstić information content (AvgIpc) is 2.94. The van der Waals surface area contributed by atoms with Crippen LogP contribution in [0.2, 0.25) is 5.02 Å². The van der Waals surface area contributed by atoms with Gasteiger partial charge in [-0.1, -0.05) is 17.7 Å². The molecule has 0 aliphatic carbocycles. The Hall–Kier alpha value is -2.70. The van der Waals surface area contributed by atoms with Gasteiger partial charge < -0.3 is 14.5 Å². The normalized spacial score (nSPS) is 10.8. The first-order chi connectivity index (χ1) is 13.3. The van der Waals surface area contributed by atoms with Gasteiger partial charge in [-0.15, -0.1) is 0 Å². The first-order valence-electron chi connectivity index (χ1n) is 8.93. The zero-order valence-electron chi connectivity index (χ0n) is 16.8. The molecule has 2 aromatic carbocycles. The van der Waals surface area contributed by atoms with Crippen molar-refractivity contribution in [1.82, 2.24) is 9.78 Å². The highest BCUT2D eigenvalue weighted by molar-refractivity contribution is 6.32. The van der Waals surface area contributed by atoms with E-state index in [0.29, 0.717) is 16.5 Å². The van der Waals surface area contributed by atoms with Gasteiger partial charge in [-0.05, 0) is 56.7 Å². The van der Waals surface area contributed by atoms with Crippen molar-refractivity contribution in [2.24, 2.45) is 5.84 Å². The second-order valence-corrected chi connectivity index (χ2v) is 7.09. The van der Waals surface area contributed by atoms with Crippen molar-refractivity contribution in [1.29, 1.82) is 0 Å². The molecule has 0 saturated carbocycles. The van der Waals surface area contributed by atoms with E-state index in [2.05, 4.69) is 12.0 Å². The van der Waals surface area contributed by atoms with Gasteiger partial charge in [-0.25, -0.2) is 10.5 Å². The van der Waals surface area contributed by atoms with Crippen LogP contribution >= 0.6 is 11.6 Å². The Morgan fingerprint density at radius 2 is 1.89 bits per heavy atom. The van der Waals surface area contributed by atoms with Crippen LogP contribution < -0.4 is 20.3 Å². The molecule has 6 nitrogen and oxygen atoms in total. The van der Waals surface area contributed by atoms with Crippen LogP contribution in [-0.4, -0.2) is 23.9 Å². The van der Waals surface area contributed by atoms with Gasteiger partial charge >= 0.3 is 0 Å². The van der Waals surface area contributed by atoms with Crippen LogP contribution in [0.1, 0.15) is 22.5 Å². The summed E-state index contributed by atoms with van der Waals surface area (Å²) in [6.45, 7) is 6.38. The molecule has 3 rings (SSSR count). The molecular weight excluding hydrogens is 376 g/mol. The Balaban J connectivity index is 1.86. The molecule has 7 heteroatoms. The maximum absolute atomic E-state index is 6.49. The van der Waals surface area contributed by atoms with Gasteiger partial charge in [-0.2, -0.15) is 5.10 Å². The van der Waals surface area contributed by atoms with Crippen molar-refractivity contribution < 1.29 is 9.47 Å². The lowest BCUT2D eigenvalue weighted by molar-refractivity contribution is 0.297. The van der Waals surface area contributed by atoms with Crippen molar-refractivity contribution >= 4 is 17.3 Å². The summed E-state index contributed by atoms with van der Waals surface area (Å²) in [5.41, 5.74) is 5.83. The molecule has 1 heterocycles. The molecule has 28 heavy (non-hydrogen) atoms. The highest BCUT2D eigenvalue weighted by atomic mass is 35.5. The SMILES string of the molecule is COc1cccc(N(C)N)c1COc1ccc(-n2nc(C)c(C)c2C)cc1Cl. The van der Waals surface area contributed by atoms with Crippen molar-refractivity contribution in [3.8, 4) is 17.2 Å². The monoisotopic (exact) mass is 400 g/mol. The number of aromatic nitrogens is 2. The van der Waals surface area contributed by atoms with Crippen molar-refractivity contribution in [3.63, 3.8) is 0 Å². The second-order valence-electron chi connectivity index (χ2n) is 6.68. The Bertz CT molecular complexity index is 998. The van der Waals surface area contributed by atoms with E-state index >= 15 is 0 Å². The van der Waals surface area contributed by atoms with Crippen LogP contribution in [0.5, 0.6) is 11.5 Å². The Morgan fingerprint density at radius 1 is 1.14 bits per heavy atom. The summed E-state index contributed by atoms with van der Waals surface area (Å²) in [5, 5.41) is 6.63. The van der Waals surface area contributed by atoms with Gasteiger partial charge in [0.2, 0.25) is 0 Å². The number of anilines is 1. The number of methoxy groups -OCH3 is 1. The summed E-state index contributed by atoms with van der Waals surface area (Å²) >= 11 is 6.49. The number of aryl methyl sites for hydroxylation is 1. The molecule has 0 fully saturated rings. The van der Waals surface area contributed by atoms with E-state index in [4.69, 9.17) is 26.9 Å². The fourth-order valence-corrected chi connectivity index (χ4v) is 3.31. The summed E-state index contributed by atoms with van der Waals surface area (Å²) < 4.78 is 13.3. The molecule has 1 aromatic heterocycles. The average molecular weight is 401 g/mol. The third-order valence-electron chi connectivity index (χ3n) is 4.89. The number of benzene rings is 2. The topological polar surface area (TPSA) is 65.5 Å². The molecule has 2 N–H and O–H groups in total. The molecule has 0 aliphatic heterocycles. The zero-order valence-corrected chi connectivity index (χ0v) is 17.5. The Morgan fingerprint density at radius 3 is 2.46 bits per heavy atom. The summed E-state index contributed by atoms with van der Waals surface area (Å²) in [6, 6.07) is 11.3. The standard InChI is InChI=1S/C21H25ClN4O2/c1-13-14(2)24-26(15(13)3)16-9-10-21(18(22)11-16)28-12-17-19(25(4)23)7-6-8-20(17)27-5/h6-11H,12,23H2,1-5H3. The van der Waals surface area contributed by atoms with Crippen LogP contribution in [0, 0.1) is 20.8 Å². The van der Waals surface area contributed by atoms with Crippen molar-refractivity contribution in [2.45, 2.75) is 27.4 Å². The minimum Gasteiger partial charge on any atom is -0.496 e. The minimum atomic E-state index is 0.277. The van der Waals surface area contributed by atoms with Crippen molar-refractivity contribution in [3.05, 3.63) is 63.9 Å². The number of hydrogen-bond acceptors (Lipinski definition) is 5. The minimum absolute atomic E-state index is 0.277. The number of nitrogens with two attached hydrogens (primary N) is 1. The van der Waals surface area contributed by atoms with Crippen LogP contribution in [0.4, 0.5) is 5.69 Å². The maximum Gasteiger partial charge on any atom is 0.138 e. The van der Waals surface area contributed by atoms with E-state index in [1.165, 1.54) is 10.6 Å². The summed E-state index contributed by atoms with van der Waals surface area (Å²) in [5.74, 6) is 7.23. The molecule has 0 bridgehead atoms. The van der Waals surface area contributed by atoms with Crippen molar-refractivity contribution in [2.75, 3.05) is 19.2 Å². The number of nitrogens with zero attached hydrogens (tertiary/aromatic N) is 3. The van der Waals surface area contributed by atoms with Gasteiger partial charge in [-0.3, -0.25) is 0 Å². The van der Waals surface area contributed by atoms with E-state index in [9.17, 15) is 0 Å². The van der Waals surface area contributed by atoms with E-state index < -0.39 is 0 Å². The largest absolute Gasteiger partial charge is 0.496 e. The van der Waals surface area contributed by atoms with Crippen LogP contribution in [0.3, 0.4) is 0 Å². The number of halogens is 1. The quantitative estimate of drug-likeness (QED) is 0.492. The molecule has 0 saturated heterocycles. The molecule has 0 aliphatic rings. The molecule has 0 unspecified atom stereocenters. The molecule has 0 radical (unpaired) electrons. The molecular formula is C21H25ClN4O2. The predicted octanol–water partition coefficient (Wildman–Crippen LogP) is 4.35. The van der Waals surface area contributed by atoms with Gasteiger partial charge in [0, 0.05) is 12.7 Å². The lowest BCUT2D eigenvalue weighted by Crippen LogP contribution is -2.26. The number of ether oxygens (including phenoxy) is 2. The van der Waals surface area contributed by atoms with Crippen LogP contribution in [0.15, 0.2) is 36.4 Å². The smallest absolute Gasteiger partial charge is 0.138 e. The van der Waals surface area contributed by atoms with Gasteiger partial charge in [0.25, 0.3) is 0 Å². The Labute approximate surface area is 170 Å². The molecule has 0 atom stereocenters. The molecule has 3 aromatic rings. The highest BCUT2D eigenvalue weighted by Gasteiger charge is 2.14. The third-order valence-corrected chi connectivity index (χ3v) is 5.19. The summed E-state index contributed by atoms with van der Waals surface area (Å²) in [4.78, 5) is 0. The fourth-order valence-electron chi connectivity index (χ4n) is 3.08. The van der Waals surface area contributed by atoms with E-state index in [1.807, 2.05) is 54.9 Å².